The molecule has 3 aromatic carbocycles. The van der Waals surface area contributed by atoms with E-state index in [0.717, 1.165) is 32.5 Å². The van der Waals surface area contributed by atoms with E-state index in [1.165, 1.54) is 0 Å². The average molecular weight is 409 g/mol. The van der Waals surface area contributed by atoms with Gasteiger partial charge in [-0.05, 0) is 48.0 Å². The van der Waals surface area contributed by atoms with Crippen LogP contribution in [-0.2, 0) is 6.61 Å². The summed E-state index contributed by atoms with van der Waals surface area (Å²) in [6, 6.07) is 21.9. The number of H-pyrrole nitrogens is 1. The van der Waals surface area contributed by atoms with Crippen molar-refractivity contribution < 1.29 is 9.47 Å². The molecule has 0 aliphatic heterocycles. The monoisotopic (exact) mass is 408 g/mol. The quantitative estimate of drug-likeness (QED) is 0.468. The van der Waals surface area contributed by atoms with Crippen LogP contribution in [-0.4, -0.2) is 17.1 Å². The van der Waals surface area contributed by atoms with Crippen LogP contribution >= 0.6 is 15.9 Å². The second-order valence-corrected chi connectivity index (χ2v) is 6.80. The third-order valence-corrected chi connectivity index (χ3v) is 4.66. The molecule has 130 valence electrons. The molecule has 0 amide bonds. The number of hydrogen-bond donors (Lipinski definition) is 1. The maximum atomic E-state index is 5.93. The highest BCUT2D eigenvalue weighted by Gasteiger charge is 2.10. The first-order chi connectivity index (χ1) is 12.7. The molecule has 5 heteroatoms. The number of para-hydroxylation sites is 2. The number of methoxy groups -OCH3 is 1. The predicted molar refractivity (Wildman–Crippen MR) is 107 cm³/mol. The van der Waals surface area contributed by atoms with Gasteiger partial charge in [-0.25, -0.2) is 4.98 Å². The van der Waals surface area contributed by atoms with Crippen molar-refractivity contribution in [1.29, 1.82) is 0 Å². The Kier molecular flexibility index (Phi) is 4.63. The highest BCUT2D eigenvalue weighted by molar-refractivity contribution is 9.10. The third kappa shape index (κ3) is 3.44. The summed E-state index contributed by atoms with van der Waals surface area (Å²) in [4.78, 5) is 7.97. The highest BCUT2D eigenvalue weighted by atomic mass is 79.9. The molecule has 26 heavy (non-hydrogen) atoms. The number of fused-ring (bicyclic) bond motifs is 1. The van der Waals surface area contributed by atoms with Gasteiger partial charge in [0.25, 0.3) is 0 Å². The summed E-state index contributed by atoms with van der Waals surface area (Å²) in [5, 5.41) is 0. The summed E-state index contributed by atoms with van der Waals surface area (Å²) >= 11 is 3.44. The summed E-state index contributed by atoms with van der Waals surface area (Å²) in [7, 11) is 1.64. The summed E-state index contributed by atoms with van der Waals surface area (Å²) in [5.41, 5.74) is 4.00. The fourth-order valence-electron chi connectivity index (χ4n) is 2.77. The number of nitrogens with one attached hydrogen (secondary N) is 1. The molecular weight excluding hydrogens is 392 g/mol. The topological polar surface area (TPSA) is 47.1 Å². The molecule has 0 aliphatic carbocycles. The number of imidazole rings is 1. The van der Waals surface area contributed by atoms with Crippen LogP contribution in [0.5, 0.6) is 11.5 Å². The summed E-state index contributed by atoms with van der Waals surface area (Å²) in [6.07, 6.45) is 0. The second kappa shape index (κ2) is 7.22. The number of rotatable bonds is 5. The molecule has 0 radical (unpaired) electrons. The van der Waals surface area contributed by atoms with E-state index in [0.29, 0.717) is 18.1 Å². The molecule has 4 nitrogen and oxygen atoms in total. The van der Waals surface area contributed by atoms with Gasteiger partial charge in [-0.3, -0.25) is 0 Å². The SMILES string of the molecule is COc1cc(-c2nc3ccccc3[nH]2)ccc1OCc1ccc(Br)cc1. The van der Waals surface area contributed by atoms with E-state index in [4.69, 9.17) is 9.47 Å². The number of nitrogens with zero attached hydrogens (tertiary/aromatic N) is 1. The van der Waals surface area contributed by atoms with Crippen molar-refractivity contribution in [2.24, 2.45) is 0 Å². The second-order valence-electron chi connectivity index (χ2n) is 5.88. The zero-order valence-electron chi connectivity index (χ0n) is 14.2. The standard InChI is InChI=1S/C21H17BrN2O2/c1-25-20-12-15(21-23-17-4-2-3-5-18(17)24-21)8-11-19(20)26-13-14-6-9-16(22)10-7-14/h2-12H,13H2,1H3,(H,23,24). The number of hydrogen-bond acceptors (Lipinski definition) is 3. The molecule has 1 heterocycles. The van der Waals surface area contributed by atoms with Crippen molar-refractivity contribution in [1.82, 2.24) is 9.97 Å². The maximum Gasteiger partial charge on any atom is 0.161 e. The van der Waals surface area contributed by atoms with Gasteiger partial charge in [0.2, 0.25) is 0 Å². The Morgan fingerprint density at radius 3 is 2.54 bits per heavy atom. The van der Waals surface area contributed by atoms with Crippen LogP contribution in [0.2, 0.25) is 0 Å². The van der Waals surface area contributed by atoms with Gasteiger partial charge in [0.05, 0.1) is 18.1 Å². The molecule has 0 aliphatic rings. The van der Waals surface area contributed by atoms with Gasteiger partial charge in [0, 0.05) is 10.0 Å². The number of ether oxygens (including phenoxy) is 2. The Bertz CT molecular complexity index is 1010. The first kappa shape index (κ1) is 16.7. The molecule has 0 saturated carbocycles. The Balaban J connectivity index is 1.58. The summed E-state index contributed by atoms with van der Waals surface area (Å²) in [5.74, 6) is 2.19. The van der Waals surface area contributed by atoms with E-state index in [9.17, 15) is 0 Å². The molecule has 0 saturated heterocycles. The number of benzene rings is 3. The van der Waals surface area contributed by atoms with E-state index in [1.807, 2.05) is 66.7 Å². The molecule has 4 rings (SSSR count). The molecule has 1 aromatic heterocycles. The lowest BCUT2D eigenvalue weighted by molar-refractivity contribution is 0.284. The molecule has 0 atom stereocenters. The Morgan fingerprint density at radius 1 is 0.962 bits per heavy atom. The fraction of sp³-hybridized carbons (Fsp3) is 0.0952. The molecule has 0 bridgehead atoms. The fourth-order valence-corrected chi connectivity index (χ4v) is 3.03. The Hall–Kier alpha value is -2.79. The lowest BCUT2D eigenvalue weighted by Gasteiger charge is -2.12. The summed E-state index contributed by atoms with van der Waals surface area (Å²) < 4.78 is 12.5. The van der Waals surface area contributed by atoms with Crippen molar-refractivity contribution in [3.8, 4) is 22.9 Å². The van der Waals surface area contributed by atoms with E-state index >= 15 is 0 Å². The van der Waals surface area contributed by atoms with Crippen LogP contribution in [0.15, 0.2) is 71.2 Å². The lowest BCUT2D eigenvalue weighted by Crippen LogP contribution is -1.98. The van der Waals surface area contributed by atoms with E-state index in [1.54, 1.807) is 7.11 Å². The lowest BCUT2D eigenvalue weighted by atomic mass is 10.2. The van der Waals surface area contributed by atoms with Crippen LogP contribution in [0.3, 0.4) is 0 Å². The van der Waals surface area contributed by atoms with Crippen molar-refractivity contribution >= 4 is 27.0 Å². The first-order valence-corrected chi connectivity index (χ1v) is 9.02. The van der Waals surface area contributed by atoms with E-state index < -0.39 is 0 Å². The van der Waals surface area contributed by atoms with Gasteiger partial charge in [-0.15, -0.1) is 0 Å². The van der Waals surface area contributed by atoms with Crippen LogP contribution in [0.25, 0.3) is 22.4 Å². The number of halogens is 1. The molecule has 4 aromatic rings. The third-order valence-electron chi connectivity index (χ3n) is 4.13. The Labute approximate surface area is 159 Å². The van der Waals surface area contributed by atoms with Gasteiger partial charge in [-0.2, -0.15) is 0 Å². The maximum absolute atomic E-state index is 5.93. The minimum atomic E-state index is 0.480. The van der Waals surface area contributed by atoms with Crippen LogP contribution in [0.4, 0.5) is 0 Å². The van der Waals surface area contributed by atoms with Gasteiger partial charge in [0.1, 0.15) is 12.4 Å². The molecular formula is C21H17BrN2O2. The zero-order valence-corrected chi connectivity index (χ0v) is 15.8. The largest absolute Gasteiger partial charge is 0.493 e. The zero-order chi connectivity index (χ0) is 17.9. The van der Waals surface area contributed by atoms with Crippen LogP contribution in [0, 0.1) is 0 Å². The molecule has 0 unspecified atom stereocenters. The van der Waals surface area contributed by atoms with Gasteiger partial charge >= 0.3 is 0 Å². The van der Waals surface area contributed by atoms with Crippen LogP contribution < -0.4 is 9.47 Å². The van der Waals surface area contributed by atoms with Gasteiger partial charge in [-0.1, -0.05) is 40.2 Å². The van der Waals surface area contributed by atoms with Crippen LogP contribution in [0.1, 0.15) is 5.56 Å². The van der Waals surface area contributed by atoms with Crippen molar-refractivity contribution in [3.63, 3.8) is 0 Å². The summed E-state index contributed by atoms with van der Waals surface area (Å²) in [6.45, 7) is 0.480. The average Bonchev–Trinajstić information content (AvgIpc) is 3.11. The van der Waals surface area contributed by atoms with Gasteiger partial charge in [0.15, 0.2) is 11.5 Å². The minimum Gasteiger partial charge on any atom is -0.493 e. The Morgan fingerprint density at radius 2 is 1.77 bits per heavy atom. The van der Waals surface area contributed by atoms with Crippen molar-refractivity contribution in [2.45, 2.75) is 6.61 Å². The van der Waals surface area contributed by atoms with E-state index in [2.05, 4.69) is 25.9 Å². The minimum absolute atomic E-state index is 0.480. The van der Waals surface area contributed by atoms with Gasteiger partial charge < -0.3 is 14.5 Å². The molecule has 0 fully saturated rings. The highest BCUT2D eigenvalue weighted by Crippen LogP contribution is 2.32. The number of aromatic amines is 1. The predicted octanol–water partition coefficient (Wildman–Crippen LogP) is 5.58. The van der Waals surface area contributed by atoms with Crippen molar-refractivity contribution in [3.05, 3.63) is 76.8 Å². The smallest absolute Gasteiger partial charge is 0.161 e. The van der Waals surface area contributed by atoms with E-state index in [-0.39, 0.29) is 0 Å². The molecule has 0 spiro atoms. The normalized spacial score (nSPS) is 10.8. The van der Waals surface area contributed by atoms with Crippen molar-refractivity contribution in [2.75, 3.05) is 7.11 Å². The first-order valence-electron chi connectivity index (χ1n) is 8.23. The number of aromatic nitrogens is 2. The molecule has 1 N–H and O–H groups in total.